The van der Waals surface area contributed by atoms with Crippen LogP contribution >= 0.6 is 0 Å². The summed E-state index contributed by atoms with van der Waals surface area (Å²) in [5.41, 5.74) is 1.90. The van der Waals surface area contributed by atoms with Crippen LogP contribution in [0.3, 0.4) is 0 Å². The molecule has 3 rings (SSSR count). The first-order valence-corrected chi connectivity index (χ1v) is 11.7. The van der Waals surface area contributed by atoms with E-state index in [1.807, 2.05) is 19.9 Å². The zero-order valence-electron chi connectivity index (χ0n) is 19.1. The van der Waals surface area contributed by atoms with E-state index in [0.717, 1.165) is 31.3 Å². The molecule has 0 radical (unpaired) electrons. The fraction of sp³-hybridized carbons (Fsp3) is 0.840. The number of fused-ring (bicyclic) bond motifs is 1. The summed E-state index contributed by atoms with van der Waals surface area (Å²) in [6.07, 6.45) is 7.65. The molecule has 4 nitrogen and oxygen atoms in total. The van der Waals surface area contributed by atoms with Gasteiger partial charge in [-0.2, -0.15) is 0 Å². The average Bonchev–Trinajstić information content (AvgIpc) is 3.00. The highest BCUT2D eigenvalue weighted by molar-refractivity contribution is 5.26. The molecule has 0 spiro atoms. The Labute approximate surface area is 181 Å². The normalized spacial score (nSPS) is 41.3. The summed E-state index contributed by atoms with van der Waals surface area (Å²) in [5, 5.41) is 29.6. The molecule has 0 aromatic heterocycles. The molecule has 3 saturated carbocycles. The molecule has 0 bridgehead atoms. The van der Waals surface area contributed by atoms with E-state index < -0.39 is 24.0 Å². The zero-order chi connectivity index (χ0) is 22.1. The van der Waals surface area contributed by atoms with Crippen molar-refractivity contribution in [2.45, 2.75) is 109 Å². The van der Waals surface area contributed by atoms with Crippen LogP contribution in [-0.2, 0) is 4.74 Å². The lowest BCUT2D eigenvalue weighted by atomic mass is 9.62. The quantitative estimate of drug-likeness (QED) is 0.588. The fourth-order valence-corrected chi connectivity index (χ4v) is 6.12. The zero-order valence-corrected chi connectivity index (χ0v) is 19.1. The molecular formula is C25H41FO4. The summed E-state index contributed by atoms with van der Waals surface area (Å²) in [5.74, 6) is 1.03. The average molecular weight is 425 g/mol. The van der Waals surface area contributed by atoms with Gasteiger partial charge >= 0.3 is 0 Å². The van der Waals surface area contributed by atoms with Gasteiger partial charge in [0.2, 0.25) is 0 Å². The summed E-state index contributed by atoms with van der Waals surface area (Å²) in [6, 6.07) is 0. The number of ether oxygens (including phenoxy) is 1. The van der Waals surface area contributed by atoms with Crippen LogP contribution in [0.5, 0.6) is 0 Å². The van der Waals surface area contributed by atoms with Crippen molar-refractivity contribution in [3.63, 3.8) is 0 Å². The lowest BCUT2D eigenvalue weighted by Crippen LogP contribution is -2.39. The molecule has 3 aliphatic carbocycles. The summed E-state index contributed by atoms with van der Waals surface area (Å²) in [6.45, 7) is 8.81. The van der Waals surface area contributed by atoms with E-state index in [0.29, 0.717) is 37.7 Å². The monoisotopic (exact) mass is 424 g/mol. The molecule has 0 aliphatic heterocycles. The number of hydrogen-bond acceptors (Lipinski definition) is 4. The summed E-state index contributed by atoms with van der Waals surface area (Å²) in [4.78, 5) is 0. The van der Waals surface area contributed by atoms with Crippen LogP contribution in [0.2, 0.25) is 0 Å². The third-order valence-corrected chi connectivity index (χ3v) is 7.91. The Bertz CT molecular complexity index is 638. The molecule has 0 aromatic carbocycles. The minimum absolute atomic E-state index is 0.171. The van der Waals surface area contributed by atoms with Crippen molar-refractivity contribution in [1.29, 1.82) is 0 Å². The van der Waals surface area contributed by atoms with Gasteiger partial charge in [0.15, 0.2) is 6.17 Å². The van der Waals surface area contributed by atoms with Crippen molar-refractivity contribution >= 4 is 0 Å². The Morgan fingerprint density at radius 3 is 2.50 bits per heavy atom. The highest BCUT2D eigenvalue weighted by Crippen LogP contribution is 2.58. The standard InChI is InChI=1S/C25H41FO4/c1-16(30-13-12-24(2,3)29)19-9-10-20-18(6-5-11-25(19,20)4)8-7-17-14-21(27)23(26)22(28)15-17/h7-8,16,19-23,27-29H,5-6,9-15H2,1-4H3/b17-7?,18-8+/t16-,19+,20-,21+,22?,23?,25+/m0/s1. The van der Waals surface area contributed by atoms with Crippen molar-refractivity contribution < 1.29 is 24.4 Å². The lowest BCUT2D eigenvalue weighted by Gasteiger charge is -2.44. The molecule has 0 heterocycles. The number of allylic oxidation sites excluding steroid dienone is 3. The number of aliphatic hydroxyl groups excluding tert-OH is 2. The topological polar surface area (TPSA) is 69.9 Å². The third-order valence-electron chi connectivity index (χ3n) is 7.91. The summed E-state index contributed by atoms with van der Waals surface area (Å²) >= 11 is 0. The second kappa shape index (κ2) is 9.40. The Balaban J connectivity index is 1.67. The molecule has 172 valence electrons. The van der Waals surface area contributed by atoms with E-state index in [4.69, 9.17) is 4.74 Å². The van der Waals surface area contributed by atoms with Gasteiger partial charge in [0, 0.05) is 6.61 Å². The highest BCUT2D eigenvalue weighted by atomic mass is 19.1. The number of hydrogen-bond donors (Lipinski definition) is 3. The first kappa shape index (κ1) is 23.9. The van der Waals surface area contributed by atoms with E-state index in [-0.39, 0.29) is 11.5 Å². The Kier molecular flexibility index (Phi) is 7.49. The van der Waals surface area contributed by atoms with Gasteiger partial charge in [-0.15, -0.1) is 0 Å². The first-order chi connectivity index (χ1) is 14.0. The summed E-state index contributed by atoms with van der Waals surface area (Å²) < 4.78 is 19.8. The smallest absolute Gasteiger partial charge is 0.152 e. The van der Waals surface area contributed by atoms with Gasteiger partial charge < -0.3 is 20.1 Å². The van der Waals surface area contributed by atoms with Gasteiger partial charge in [0.1, 0.15) is 0 Å². The van der Waals surface area contributed by atoms with Crippen molar-refractivity contribution in [3.8, 4) is 0 Å². The third kappa shape index (κ3) is 5.35. The van der Waals surface area contributed by atoms with Gasteiger partial charge in [-0.05, 0) is 89.4 Å². The van der Waals surface area contributed by atoms with E-state index in [9.17, 15) is 19.7 Å². The number of rotatable bonds is 6. The van der Waals surface area contributed by atoms with Crippen molar-refractivity contribution in [1.82, 2.24) is 0 Å². The highest BCUT2D eigenvalue weighted by Gasteiger charge is 2.51. The predicted octanol–water partition coefficient (Wildman–Crippen LogP) is 4.48. The molecule has 7 atom stereocenters. The van der Waals surface area contributed by atoms with E-state index in [1.54, 1.807) is 0 Å². The van der Waals surface area contributed by atoms with Crippen LogP contribution in [0.1, 0.15) is 79.1 Å². The maximum atomic E-state index is 13.7. The van der Waals surface area contributed by atoms with Crippen LogP contribution in [0.4, 0.5) is 4.39 Å². The molecule has 0 saturated heterocycles. The molecule has 3 aliphatic rings. The Hall–Kier alpha value is -0.750. The molecule has 3 N–H and O–H groups in total. The summed E-state index contributed by atoms with van der Waals surface area (Å²) in [7, 11) is 0. The molecule has 3 fully saturated rings. The van der Waals surface area contributed by atoms with Crippen LogP contribution in [0, 0.1) is 17.3 Å². The van der Waals surface area contributed by atoms with Crippen molar-refractivity contribution in [2.24, 2.45) is 17.3 Å². The van der Waals surface area contributed by atoms with Gasteiger partial charge in [-0.25, -0.2) is 4.39 Å². The Morgan fingerprint density at radius 2 is 1.87 bits per heavy atom. The molecule has 0 amide bonds. The van der Waals surface area contributed by atoms with Gasteiger partial charge in [0.25, 0.3) is 0 Å². The molecule has 0 aromatic rings. The van der Waals surface area contributed by atoms with Crippen molar-refractivity contribution in [3.05, 3.63) is 23.3 Å². The number of alkyl halides is 1. The molecule has 5 heteroatoms. The SMILES string of the molecule is C[C@H](OCCC(C)(C)O)[C@H]1CC[C@H]2/C(=C/C=C3CC(O)C(F)[C@H](O)C3)CCC[C@]12C. The van der Waals surface area contributed by atoms with E-state index >= 15 is 0 Å². The van der Waals surface area contributed by atoms with E-state index in [2.05, 4.69) is 19.9 Å². The number of aliphatic hydroxyl groups is 3. The first-order valence-electron chi connectivity index (χ1n) is 11.7. The second-order valence-electron chi connectivity index (χ2n) is 10.8. The molecule has 30 heavy (non-hydrogen) atoms. The van der Waals surface area contributed by atoms with Crippen LogP contribution in [0.25, 0.3) is 0 Å². The maximum Gasteiger partial charge on any atom is 0.152 e. The van der Waals surface area contributed by atoms with Crippen LogP contribution in [0.15, 0.2) is 23.3 Å². The number of halogens is 1. The second-order valence-corrected chi connectivity index (χ2v) is 10.8. The van der Waals surface area contributed by atoms with Gasteiger partial charge in [-0.1, -0.05) is 30.2 Å². The fourth-order valence-electron chi connectivity index (χ4n) is 6.12. The molecular weight excluding hydrogens is 383 g/mol. The van der Waals surface area contributed by atoms with Crippen LogP contribution in [-0.4, -0.2) is 52.0 Å². The Morgan fingerprint density at radius 1 is 1.20 bits per heavy atom. The minimum atomic E-state index is -1.54. The van der Waals surface area contributed by atoms with Crippen LogP contribution < -0.4 is 0 Å². The maximum absolute atomic E-state index is 13.7. The molecule has 2 unspecified atom stereocenters. The largest absolute Gasteiger partial charge is 0.390 e. The predicted molar refractivity (Wildman–Crippen MR) is 117 cm³/mol. The van der Waals surface area contributed by atoms with Gasteiger partial charge in [-0.3, -0.25) is 0 Å². The minimum Gasteiger partial charge on any atom is -0.390 e. The van der Waals surface area contributed by atoms with Crippen molar-refractivity contribution in [2.75, 3.05) is 6.61 Å². The van der Waals surface area contributed by atoms with Gasteiger partial charge in [0.05, 0.1) is 23.9 Å². The lowest BCUT2D eigenvalue weighted by molar-refractivity contribution is -0.0454. The van der Waals surface area contributed by atoms with E-state index in [1.165, 1.54) is 12.0 Å².